The molecule has 0 unspecified atom stereocenters. The molecule has 7 nitrogen and oxygen atoms in total. The van der Waals surface area contributed by atoms with Crippen LogP contribution in [-0.4, -0.2) is 41.5 Å². The van der Waals surface area contributed by atoms with Crippen LogP contribution in [0.5, 0.6) is 5.75 Å². The number of ether oxygens (including phenoxy) is 1. The van der Waals surface area contributed by atoms with E-state index in [0.717, 1.165) is 22.2 Å². The van der Waals surface area contributed by atoms with Crippen LogP contribution in [0.3, 0.4) is 0 Å². The summed E-state index contributed by atoms with van der Waals surface area (Å²) in [6.07, 6.45) is 1.59. The Bertz CT molecular complexity index is 965. The second-order valence-corrected chi connectivity index (χ2v) is 6.30. The summed E-state index contributed by atoms with van der Waals surface area (Å²) in [6.45, 7) is 4.54. The number of aryl methyl sites for hydroxylation is 2. The minimum atomic E-state index is -0.233. The molecule has 1 heterocycles. The van der Waals surface area contributed by atoms with Gasteiger partial charge in [-0.3, -0.25) is 9.59 Å². The third-order valence-corrected chi connectivity index (χ3v) is 4.10. The topological polar surface area (TPSA) is 96.1 Å². The molecule has 27 heavy (non-hydrogen) atoms. The van der Waals surface area contributed by atoms with Gasteiger partial charge in [0.1, 0.15) is 5.75 Å². The number of nitrogens with zero attached hydrogens (tertiary/aromatic N) is 1. The van der Waals surface area contributed by atoms with Gasteiger partial charge in [0.2, 0.25) is 0 Å². The molecule has 2 amide bonds. The quantitative estimate of drug-likeness (QED) is 0.558. The second kappa shape index (κ2) is 8.35. The van der Waals surface area contributed by atoms with Crippen molar-refractivity contribution in [3.05, 3.63) is 59.4 Å². The fraction of sp³-hybridized carbons (Fsp3) is 0.250. The molecule has 1 aromatic heterocycles. The number of fused-ring (bicyclic) bond motifs is 1. The Morgan fingerprint density at radius 2 is 1.89 bits per heavy atom. The maximum Gasteiger partial charge on any atom is 0.258 e. The van der Waals surface area contributed by atoms with Gasteiger partial charge in [-0.25, -0.2) is 4.98 Å². The van der Waals surface area contributed by atoms with Gasteiger partial charge in [0, 0.05) is 18.7 Å². The molecule has 0 radical (unpaired) electrons. The van der Waals surface area contributed by atoms with Crippen molar-refractivity contribution in [2.24, 2.45) is 0 Å². The van der Waals surface area contributed by atoms with E-state index in [-0.39, 0.29) is 18.4 Å². The van der Waals surface area contributed by atoms with Gasteiger partial charge in [0.05, 0.1) is 17.4 Å². The number of rotatable bonds is 7. The number of hydrogen-bond acceptors (Lipinski definition) is 4. The van der Waals surface area contributed by atoms with E-state index in [1.165, 1.54) is 0 Å². The average Bonchev–Trinajstić information content (AvgIpc) is 3.12. The van der Waals surface area contributed by atoms with Crippen molar-refractivity contribution in [2.75, 3.05) is 19.7 Å². The van der Waals surface area contributed by atoms with Crippen molar-refractivity contribution in [1.82, 2.24) is 20.6 Å². The molecule has 0 spiro atoms. The lowest BCUT2D eigenvalue weighted by Gasteiger charge is -2.10. The van der Waals surface area contributed by atoms with Gasteiger partial charge in [-0.2, -0.15) is 0 Å². The van der Waals surface area contributed by atoms with E-state index in [2.05, 4.69) is 20.6 Å². The molecule has 0 saturated heterocycles. The number of benzene rings is 2. The van der Waals surface area contributed by atoms with E-state index in [9.17, 15) is 9.59 Å². The highest BCUT2D eigenvalue weighted by molar-refractivity contribution is 5.97. The van der Waals surface area contributed by atoms with Gasteiger partial charge in [-0.15, -0.1) is 0 Å². The first kappa shape index (κ1) is 18.4. The molecule has 0 bridgehead atoms. The molecule has 140 valence electrons. The van der Waals surface area contributed by atoms with Crippen LogP contribution in [0.1, 0.15) is 21.5 Å². The molecule has 2 aromatic carbocycles. The average molecular weight is 366 g/mol. The standard InChI is InChI=1S/C20H22N4O3/c1-13-3-6-18(14(2)9-13)27-11-19(25)21-7-8-22-20(26)15-4-5-16-17(10-15)24-12-23-16/h3-6,9-10,12H,7-8,11H2,1-2H3,(H,21,25)(H,22,26)(H,23,24). The summed E-state index contributed by atoms with van der Waals surface area (Å²) in [5, 5.41) is 5.49. The number of carbonyl (C=O) groups excluding carboxylic acids is 2. The number of nitrogens with one attached hydrogen (secondary N) is 3. The van der Waals surface area contributed by atoms with Crippen LogP contribution in [0.2, 0.25) is 0 Å². The van der Waals surface area contributed by atoms with Crippen LogP contribution >= 0.6 is 0 Å². The number of hydrogen-bond donors (Lipinski definition) is 3. The molecular weight excluding hydrogens is 344 g/mol. The predicted octanol–water partition coefficient (Wildman–Crippen LogP) is 2.10. The molecule has 3 N–H and O–H groups in total. The Morgan fingerprint density at radius 3 is 2.70 bits per heavy atom. The maximum absolute atomic E-state index is 12.1. The number of H-pyrrole nitrogens is 1. The Labute approximate surface area is 157 Å². The summed E-state index contributed by atoms with van der Waals surface area (Å²) in [5.41, 5.74) is 4.29. The van der Waals surface area contributed by atoms with Crippen molar-refractivity contribution in [3.8, 4) is 5.75 Å². The van der Waals surface area contributed by atoms with Gasteiger partial charge in [0.25, 0.3) is 11.8 Å². The van der Waals surface area contributed by atoms with Crippen LogP contribution in [0, 0.1) is 13.8 Å². The minimum Gasteiger partial charge on any atom is -0.484 e. The number of imidazole rings is 1. The van der Waals surface area contributed by atoms with E-state index in [1.54, 1.807) is 24.5 Å². The highest BCUT2D eigenvalue weighted by Crippen LogP contribution is 2.18. The smallest absolute Gasteiger partial charge is 0.258 e. The van der Waals surface area contributed by atoms with Gasteiger partial charge in [-0.05, 0) is 43.7 Å². The Balaban J connectivity index is 1.38. The molecule has 0 aliphatic heterocycles. The zero-order valence-corrected chi connectivity index (χ0v) is 15.3. The first-order chi connectivity index (χ1) is 13.0. The SMILES string of the molecule is Cc1ccc(OCC(=O)NCCNC(=O)c2ccc3nc[nH]c3c2)c(C)c1. The fourth-order valence-corrected chi connectivity index (χ4v) is 2.71. The summed E-state index contributed by atoms with van der Waals surface area (Å²) in [7, 11) is 0. The number of aromatic nitrogens is 2. The summed E-state index contributed by atoms with van der Waals surface area (Å²) in [5.74, 6) is 0.258. The molecule has 0 fully saturated rings. The third-order valence-electron chi connectivity index (χ3n) is 4.10. The van der Waals surface area contributed by atoms with Crippen LogP contribution in [0.15, 0.2) is 42.7 Å². The van der Waals surface area contributed by atoms with Crippen molar-refractivity contribution >= 4 is 22.8 Å². The van der Waals surface area contributed by atoms with Crippen LogP contribution < -0.4 is 15.4 Å². The molecular formula is C20H22N4O3. The van der Waals surface area contributed by atoms with E-state index in [4.69, 9.17) is 4.74 Å². The first-order valence-corrected chi connectivity index (χ1v) is 8.71. The summed E-state index contributed by atoms with van der Waals surface area (Å²) >= 11 is 0. The highest BCUT2D eigenvalue weighted by Gasteiger charge is 2.08. The van der Waals surface area contributed by atoms with Crippen LogP contribution in [0.4, 0.5) is 0 Å². The summed E-state index contributed by atoms with van der Waals surface area (Å²) < 4.78 is 5.53. The van der Waals surface area contributed by atoms with Gasteiger partial charge in [0.15, 0.2) is 6.61 Å². The lowest BCUT2D eigenvalue weighted by molar-refractivity contribution is -0.123. The number of aromatic amines is 1. The first-order valence-electron chi connectivity index (χ1n) is 8.71. The Hall–Kier alpha value is -3.35. The third kappa shape index (κ3) is 4.84. The molecule has 7 heteroatoms. The van der Waals surface area contributed by atoms with E-state index < -0.39 is 0 Å². The van der Waals surface area contributed by atoms with Crippen LogP contribution in [0.25, 0.3) is 11.0 Å². The lowest BCUT2D eigenvalue weighted by atomic mass is 10.1. The van der Waals surface area contributed by atoms with Crippen molar-refractivity contribution in [3.63, 3.8) is 0 Å². The Morgan fingerprint density at radius 1 is 1.07 bits per heavy atom. The molecule has 0 aliphatic carbocycles. The number of amides is 2. The fourth-order valence-electron chi connectivity index (χ4n) is 2.71. The molecule has 3 aromatic rings. The second-order valence-electron chi connectivity index (χ2n) is 6.30. The van der Waals surface area contributed by atoms with E-state index in [0.29, 0.717) is 24.4 Å². The van der Waals surface area contributed by atoms with Crippen molar-refractivity contribution in [1.29, 1.82) is 0 Å². The molecule has 0 saturated carbocycles. The zero-order chi connectivity index (χ0) is 19.2. The monoisotopic (exact) mass is 366 g/mol. The Kier molecular flexibility index (Phi) is 5.71. The summed E-state index contributed by atoms with van der Waals surface area (Å²) in [4.78, 5) is 31.1. The van der Waals surface area contributed by atoms with Gasteiger partial charge in [-0.1, -0.05) is 17.7 Å². The summed E-state index contributed by atoms with van der Waals surface area (Å²) in [6, 6.07) is 11.0. The maximum atomic E-state index is 12.1. The highest BCUT2D eigenvalue weighted by atomic mass is 16.5. The zero-order valence-electron chi connectivity index (χ0n) is 15.3. The predicted molar refractivity (Wildman–Crippen MR) is 103 cm³/mol. The lowest BCUT2D eigenvalue weighted by Crippen LogP contribution is -2.36. The number of carbonyl (C=O) groups is 2. The van der Waals surface area contributed by atoms with Crippen molar-refractivity contribution in [2.45, 2.75) is 13.8 Å². The molecule has 0 atom stereocenters. The van der Waals surface area contributed by atoms with Crippen LogP contribution in [-0.2, 0) is 4.79 Å². The van der Waals surface area contributed by atoms with E-state index >= 15 is 0 Å². The van der Waals surface area contributed by atoms with Gasteiger partial charge >= 0.3 is 0 Å². The molecule has 3 rings (SSSR count). The van der Waals surface area contributed by atoms with Crippen molar-refractivity contribution < 1.29 is 14.3 Å². The normalized spacial score (nSPS) is 10.6. The molecule has 0 aliphatic rings. The largest absolute Gasteiger partial charge is 0.484 e. The minimum absolute atomic E-state index is 0.0612. The van der Waals surface area contributed by atoms with E-state index in [1.807, 2.05) is 32.0 Å². The van der Waals surface area contributed by atoms with Gasteiger partial charge < -0.3 is 20.4 Å².